The predicted octanol–water partition coefficient (Wildman–Crippen LogP) is -0.344. The molecule has 0 spiro atoms. The van der Waals surface area contributed by atoms with Crippen LogP contribution in [0.1, 0.15) is 19.3 Å². The molecule has 0 aromatic rings. The summed E-state index contributed by atoms with van der Waals surface area (Å²) in [6, 6.07) is -0.792. The van der Waals surface area contributed by atoms with E-state index in [-0.39, 0.29) is 12.2 Å². The first kappa shape index (κ1) is 14.2. The van der Waals surface area contributed by atoms with Gasteiger partial charge in [-0.2, -0.15) is 0 Å². The van der Waals surface area contributed by atoms with Gasteiger partial charge in [0, 0.05) is 18.9 Å². The lowest BCUT2D eigenvalue weighted by atomic mass is 9.96. The Morgan fingerprint density at radius 3 is 2.42 bits per heavy atom. The van der Waals surface area contributed by atoms with Gasteiger partial charge in [0.1, 0.15) is 0 Å². The van der Waals surface area contributed by atoms with E-state index in [1.165, 1.54) is 0 Å². The van der Waals surface area contributed by atoms with Gasteiger partial charge in [-0.05, 0) is 25.9 Å². The first-order valence-electron chi connectivity index (χ1n) is 6.70. The number of ether oxygens (including phenoxy) is 2. The highest BCUT2D eigenvalue weighted by Gasteiger charge is 2.30. The first-order valence-corrected chi connectivity index (χ1v) is 6.70. The summed E-state index contributed by atoms with van der Waals surface area (Å²) < 4.78 is 11.0. The average Bonchev–Trinajstić information content (AvgIpc) is 2.90. The molecular formula is C12H21N3O4. The Bertz CT molecular complexity index is 323. The second-order valence-electron chi connectivity index (χ2n) is 4.95. The van der Waals surface area contributed by atoms with E-state index in [2.05, 4.69) is 10.2 Å². The third kappa shape index (κ3) is 4.45. The van der Waals surface area contributed by atoms with Gasteiger partial charge in [0.2, 0.25) is 5.91 Å². The molecule has 3 N–H and O–H groups in total. The number of amides is 3. The van der Waals surface area contributed by atoms with Crippen LogP contribution in [-0.4, -0.2) is 56.0 Å². The van der Waals surface area contributed by atoms with E-state index in [1.54, 1.807) is 0 Å². The highest BCUT2D eigenvalue weighted by atomic mass is 16.7. The summed E-state index contributed by atoms with van der Waals surface area (Å²) in [5.74, 6) is 0.135. The molecule has 0 aliphatic carbocycles. The fourth-order valence-electron chi connectivity index (χ4n) is 2.56. The van der Waals surface area contributed by atoms with E-state index in [0.29, 0.717) is 32.1 Å². The average molecular weight is 271 g/mol. The molecule has 0 saturated carbocycles. The summed E-state index contributed by atoms with van der Waals surface area (Å²) in [5.41, 5.74) is 4.88. The summed E-state index contributed by atoms with van der Waals surface area (Å²) in [6.07, 6.45) is 2.29. The standard InChI is InChI=1S/C12H21N3O4/c13-12(17)14-10(16)3-6-15-4-1-9(2-5-15)11-18-7-8-19-11/h9,11H,1-8H2,(H3,13,14,16,17). The Balaban J connectivity index is 1.63. The van der Waals surface area contributed by atoms with Crippen LogP contribution in [0.2, 0.25) is 0 Å². The Morgan fingerprint density at radius 1 is 1.21 bits per heavy atom. The van der Waals surface area contributed by atoms with Crippen LogP contribution in [0.5, 0.6) is 0 Å². The minimum atomic E-state index is -0.792. The van der Waals surface area contributed by atoms with Crippen LogP contribution in [0, 0.1) is 5.92 Å². The van der Waals surface area contributed by atoms with Crippen LogP contribution in [0.4, 0.5) is 4.79 Å². The third-order valence-corrected chi connectivity index (χ3v) is 3.58. The first-order chi connectivity index (χ1) is 9.15. The van der Waals surface area contributed by atoms with Gasteiger partial charge in [0.15, 0.2) is 6.29 Å². The molecule has 7 heteroatoms. The van der Waals surface area contributed by atoms with Crippen LogP contribution in [-0.2, 0) is 14.3 Å². The SMILES string of the molecule is NC(=O)NC(=O)CCN1CCC(C2OCCO2)CC1. The second kappa shape index (κ2) is 6.83. The lowest BCUT2D eigenvalue weighted by Crippen LogP contribution is -2.41. The van der Waals surface area contributed by atoms with E-state index in [9.17, 15) is 9.59 Å². The van der Waals surface area contributed by atoms with Gasteiger partial charge in [-0.25, -0.2) is 4.79 Å². The van der Waals surface area contributed by atoms with Gasteiger partial charge in [-0.1, -0.05) is 0 Å². The van der Waals surface area contributed by atoms with E-state index in [4.69, 9.17) is 15.2 Å². The molecule has 19 heavy (non-hydrogen) atoms. The molecule has 2 saturated heterocycles. The van der Waals surface area contributed by atoms with Crippen LogP contribution < -0.4 is 11.1 Å². The van der Waals surface area contributed by atoms with Crippen molar-refractivity contribution < 1.29 is 19.1 Å². The lowest BCUT2D eigenvalue weighted by Gasteiger charge is -2.33. The van der Waals surface area contributed by atoms with Crippen molar-refractivity contribution in [1.29, 1.82) is 0 Å². The van der Waals surface area contributed by atoms with Gasteiger partial charge in [-0.15, -0.1) is 0 Å². The molecule has 2 aliphatic heterocycles. The number of nitrogens with one attached hydrogen (secondary N) is 1. The highest BCUT2D eigenvalue weighted by molar-refractivity contribution is 5.93. The number of hydrogen-bond acceptors (Lipinski definition) is 5. The van der Waals surface area contributed by atoms with Crippen molar-refractivity contribution in [3.05, 3.63) is 0 Å². The van der Waals surface area contributed by atoms with Gasteiger partial charge in [-0.3, -0.25) is 10.1 Å². The number of imide groups is 1. The van der Waals surface area contributed by atoms with E-state index in [0.717, 1.165) is 25.9 Å². The number of rotatable bonds is 4. The number of urea groups is 1. The topological polar surface area (TPSA) is 93.9 Å². The Morgan fingerprint density at radius 2 is 1.84 bits per heavy atom. The van der Waals surface area contributed by atoms with E-state index in [1.807, 2.05) is 0 Å². The van der Waals surface area contributed by atoms with Crippen LogP contribution in [0.25, 0.3) is 0 Å². The van der Waals surface area contributed by atoms with Crippen molar-refractivity contribution in [2.45, 2.75) is 25.6 Å². The van der Waals surface area contributed by atoms with Gasteiger partial charge in [0.05, 0.1) is 13.2 Å². The fraction of sp³-hybridized carbons (Fsp3) is 0.833. The van der Waals surface area contributed by atoms with Gasteiger partial charge in [0.25, 0.3) is 0 Å². The molecule has 0 bridgehead atoms. The molecule has 2 fully saturated rings. The third-order valence-electron chi connectivity index (χ3n) is 3.58. The zero-order chi connectivity index (χ0) is 13.7. The summed E-state index contributed by atoms with van der Waals surface area (Å²) >= 11 is 0. The monoisotopic (exact) mass is 271 g/mol. The molecule has 0 atom stereocenters. The smallest absolute Gasteiger partial charge is 0.318 e. The lowest BCUT2D eigenvalue weighted by molar-refractivity contribution is -0.120. The van der Waals surface area contributed by atoms with Crippen molar-refractivity contribution >= 4 is 11.9 Å². The summed E-state index contributed by atoms with van der Waals surface area (Å²) in [5, 5.41) is 2.07. The van der Waals surface area contributed by atoms with Crippen molar-refractivity contribution in [3.63, 3.8) is 0 Å². The predicted molar refractivity (Wildman–Crippen MR) is 67.2 cm³/mol. The maximum Gasteiger partial charge on any atom is 0.318 e. The summed E-state index contributed by atoms with van der Waals surface area (Å²) in [6.45, 7) is 3.89. The van der Waals surface area contributed by atoms with Crippen LogP contribution >= 0.6 is 0 Å². The number of nitrogens with two attached hydrogens (primary N) is 1. The minimum absolute atomic E-state index is 0.0414. The van der Waals surface area contributed by atoms with Crippen molar-refractivity contribution in [2.24, 2.45) is 11.7 Å². The van der Waals surface area contributed by atoms with Crippen LogP contribution in [0.15, 0.2) is 0 Å². The summed E-state index contributed by atoms with van der Waals surface area (Å²) in [7, 11) is 0. The molecule has 108 valence electrons. The zero-order valence-electron chi connectivity index (χ0n) is 11.0. The maximum absolute atomic E-state index is 11.3. The molecule has 2 aliphatic rings. The van der Waals surface area contributed by atoms with Crippen molar-refractivity contribution in [1.82, 2.24) is 10.2 Å². The number of carbonyl (C=O) groups excluding carboxylic acids is 2. The Kier molecular flexibility index (Phi) is 5.12. The zero-order valence-corrected chi connectivity index (χ0v) is 11.0. The molecule has 7 nitrogen and oxygen atoms in total. The van der Waals surface area contributed by atoms with Gasteiger partial charge >= 0.3 is 6.03 Å². The number of piperidine rings is 1. The van der Waals surface area contributed by atoms with Gasteiger partial charge < -0.3 is 20.1 Å². The maximum atomic E-state index is 11.3. The second-order valence-corrected chi connectivity index (χ2v) is 4.95. The van der Waals surface area contributed by atoms with Crippen LogP contribution in [0.3, 0.4) is 0 Å². The Labute approximate surface area is 112 Å². The molecule has 0 unspecified atom stereocenters. The quantitative estimate of drug-likeness (QED) is 0.729. The summed E-state index contributed by atoms with van der Waals surface area (Å²) in [4.78, 5) is 24.0. The molecule has 0 radical (unpaired) electrons. The molecular weight excluding hydrogens is 250 g/mol. The normalized spacial score (nSPS) is 22.5. The molecule has 2 heterocycles. The molecule has 0 aromatic heterocycles. The molecule has 2 rings (SSSR count). The number of likely N-dealkylation sites (tertiary alicyclic amines) is 1. The minimum Gasteiger partial charge on any atom is -0.351 e. The number of hydrogen-bond donors (Lipinski definition) is 2. The van der Waals surface area contributed by atoms with Crippen molar-refractivity contribution in [3.8, 4) is 0 Å². The van der Waals surface area contributed by atoms with Crippen molar-refractivity contribution in [2.75, 3.05) is 32.8 Å². The van der Waals surface area contributed by atoms with E-state index < -0.39 is 6.03 Å². The number of carbonyl (C=O) groups is 2. The highest BCUT2D eigenvalue weighted by Crippen LogP contribution is 2.25. The number of nitrogens with zero attached hydrogens (tertiary/aromatic N) is 1. The van der Waals surface area contributed by atoms with E-state index >= 15 is 0 Å². The largest absolute Gasteiger partial charge is 0.351 e. The molecule has 3 amide bonds. The molecule has 0 aromatic carbocycles. The number of primary amides is 1. The fourth-order valence-corrected chi connectivity index (χ4v) is 2.56. The Hall–Kier alpha value is -1.18.